The number of aromatic nitrogens is 4. The van der Waals surface area contributed by atoms with Gasteiger partial charge in [0.15, 0.2) is 5.65 Å². The van der Waals surface area contributed by atoms with Gasteiger partial charge in [0.1, 0.15) is 11.3 Å². The molecule has 0 saturated carbocycles. The monoisotopic (exact) mass is 398 g/mol. The molecule has 0 saturated heterocycles. The summed E-state index contributed by atoms with van der Waals surface area (Å²) in [7, 11) is 0. The van der Waals surface area contributed by atoms with Crippen LogP contribution in [-0.4, -0.2) is 37.4 Å². The highest BCUT2D eigenvalue weighted by atomic mass is 16.2. The Labute approximate surface area is 171 Å². The maximum Gasteiger partial charge on any atom is 0.270 e. The molecule has 30 heavy (non-hydrogen) atoms. The number of carbonyl (C=O) groups is 2. The first-order valence-electron chi connectivity index (χ1n) is 9.57. The fourth-order valence-corrected chi connectivity index (χ4v) is 4.01. The van der Waals surface area contributed by atoms with Gasteiger partial charge in [-0.2, -0.15) is 5.10 Å². The van der Waals surface area contributed by atoms with E-state index in [1.807, 2.05) is 24.3 Å². The summed E-state index contributed by atoms with van der Waals surface area (Å²) in [5.74, 6) is -0.915. The van der Waals surface area contributed by atoms with Gasteiger partial charge in [0.05, 0.1) is 11.9 Å². The van der Waals surface area contributed by atoms with Crippen LogP contribution in [0.4, 0.5) is 0 Å². The quantitative estimate of drug-likeness (QED) is 0.544. The molecule has 0 spiro atoms. The molecule has 1 aliphatic rings. The van der Waals surface area contributed by atoms with Crippen LogP contribution in [0.2, 0.25) is 0 Å². The van der Waals surface area contributed by atoms with E-state index in [1.54, 1.807) is 12.3 Å². The van der Waals surface area contributed by atoms with E-state index in [9.17, 15) is 9.59 Å². The number of hydrogen-bond donors (Lipinski definition) is 2. The summed E-state index contributed by atoms with van der Waals surface area (Å²) in [6.07, 6.45) is 6.03. The van der Waals surface area contributed by atoms with Gasteiger partial charge in [0, 0.05) is 24.0 Å². The van der Waals surface area contributed by atoms with Crippen molar-refractivity contribution in [2.24, 2.45) is 5.73 Å². The van der Waals surface area contributed by atoms with Gasteiger partial charge in [0.2, 0.25) is 0 Å². The Morgan fingerprint density at radius 3 is 2.73 bits per heavy atom. The fraction of sp³-hybridized carbons (Fsp3) is 0.136. The third-order valence-corrected chi connectivity index (χ3v) is 5.37. The topological polar surface area (TPSA) is 115 Å². The summed E-state index contributed by atoms with van der Waals surface area (Å²) < 4.78 is 1.34. The van der Waals surface area contributed by atoms with Crippen molar-refractivity contribution < 1.29 is 9.59 Å². The number of carbonyl (C=O) groups excluding carboxylic acids is 2. The lowest BCUT2D eigenvalue weighted by Crippen LogP contribution is -2.36. The molecule has 1 aromatic carbocycles. The summed E-state index contributed by atoms with van der Waals surface area (Å²) in [4.78, 5) is 33.1. The van der Waals surface area contributed by atoms with Crippen molar-refractivity contribution in [3.8, 4) is 11.3 Å². The second kappa shape index (κ2) is 7.07. The van der Waals surface area contributed by atoms with Crippen molar-refractivity contribution in [1.29, 1.82) is 0 Å². The number of hydrogen-bond acceptors (Lipinski definition) is 5. The predicted octanol–water partition coefficient (Wildman–Crippen LogP) is 1.79. The highest BCUT2D eigenvalue weighted by molar-refractivity contribution is 6.00. The van der Waals surface area contributed by atoms with Crippen LogP contribution in [0.3, 0.4) is 0 Å². The zero-order valence-electron chi connectivity index (χ0n) is 15.9. The molecule has 8 heteroatoms. The van der Waals surface area contributed by atoms with E-state index >= 15 is 0 Å². The van der Waals surface area contributed by atoms with Gasteiger partial charge in [-0.1, -0.05) is 24.3 Å². The highest BCUT2D eigenvalue weighted by Gasteiger charge is 2.27. The van der Waals surface area contributed by atoms with Crippen LogP contribution < -0.4 is 11.1 Å². The van der Waals surface area contributed by atoms with Crippen LogP contribution in [-0.2, 0) is 12.8 Å². The molecular formula is C22H18N6O2. The summed E-state index contributed by atoms with van der Waals surface area (Å²) >= 11 is 0. The first-order valence-corrected chi connectivity index (χ1v) is 9.57. The Bertz CT molecular complexity index is 1280. The van der Waals surface area contributed by atoms with E-state index in [0.717, 1.165) is 17.7 Å². The first kappa shape index (κ1) is 18.0. The third kappa shape index (κ3) is 2.98. The van der Waals surface area contributed by atoms with Gasteiger partial charge in [-0.3, -0.25) is 14.6 Å². The summed E-state index contributed by atoms with van der Waals surface area (Å²) in [5.41, 5.74) is 10.5. The van der Waals surface area contributed by atoms with E-state index in [4.69, 9.17) is 5.73 Å². The summed E-state index contributed by atoms with van der Waals surface area (Å²) in [6.45, 7) is 0. The Morgan fingerprint density at radius 1 is 1.03 bits per heavy atom. The van der Waals surface area contributed by atoms with Crippen LogP contribution in [0.15, 0.2) is 61.1 Å². The van der Waals surface area contributed by atoms with Crippen LogP contribution in [0, 0.1) is 0 Å². The van der Waals surface area contributed by atoms with E-state index in [1.165, 1.54) is 28.0 Å². The second-order valence-corrected chi connectivity index (χ2v) is 7.22. The molecule has 8 nitrogen and oxygen atoms in total. The number of nitrogens with zero attached hydrogens (tertiary/aromatic N) is 4. The third-order valence-electron chi connectivity index (χ3n) is 5.37. The number of benzene rings is 1. The van der Waals surface area contributed by atoms with E-state index in [-0.39, 0.29) is 23.2 Å². The normalized spacial score (nSPS) is 15.1. The minimum absolute atomic E-state index is 0.0493. The van der Waals surface area contributed by atoms with Crippen molar-refractivity contribution in [3.63, 3.8) is 0 Å². The van der Waals surface area contributed by atoms with Crippen LogP contribution in [0.5, 0.6) is 0 Å². The average molecular weight is 398 g/mol. The molecule has 5 rings (SSSR count). The standard InChI is InChI=1S/C22H18N6O2/c23-20(29)17-12-26-28-19(7-9-25-21(17)28)22(30)27-14-10-13-4-3-5-15(16(13)11-14)18-6-1-2-8-24-18/h1-9,12,14H,10-11H2,(H2,23,29)(H,27,30). The molecule has 3 heterocycles. The maximum atomic E-state index is 13.0. The highest BCUT2D eigenvalue weighted by Crippen LogP contribution is 2.31. The molecule has 0 radical (unpaired) electrons. The van der Waals surface area contributed by atoms with Crippen LogP contribution >= 0.6 is 0 Å². The van der Waals surface area contributed by atoms with Gasteiger partial charge in [0.25, 0.3) is 11.8 Å². The number of primary amides is 1. The minimum Gasteiger partial charge on any atom is -0.365 e. The fourth-order valence-electron chi connectivity index (χ4n) is 4.01. The number of fused-ring (bicyclic) bond motifs is 2. The Hall–Kier alpha value is -4.07. The Morgan fingerprint density at radius 2 is 1.93 bits per heavy atom. The number of pyridine rings is 1. The number of nitrogens with one attached hydrogen (secondary N) is 1. The molecule has 4 aromatic rings. The van der Waals surface area contributed by atoms with Crippen molar-refractivity contribution in [1.82, 2.24) is 24.9 Å². The molecule has 1 atom stereocenters. The smallest absolute Gasteiger partial charge is 0.270 e. The summed E-state index contributed by atoms with van der Waals surface area (Å²) in [5, 5.41) is 7.20. The largest absolute Gasteiger partial charge is 0.365 e. The van der Waals surface area contributed by atoms with Crippen LogP contribution in [0.1, 0.15) is 32.0 Å². The van der Waals surface area contributed by atoms with Crippen molar-refractivity contribution in [2.45, 2.75) is 18.9 Å². The maximum absolute atomic E-state index is 13.0. The van der Waals surface area contributed by atoms with Gasteiger partial charge in [-0.05, 0) is 42.2 Å². The minimum atomic E-state index is -0.636. The van der Waals surface area contributed by atoms with Crippen molar-refractivity contribution in [3.05, 3.63) is 83.4 Å². The summed E-state index contributed by atoms with van der Waals surface area (Å²) in [6, 6.07) is 13.5. The first-order chi connectivity index (χ1) is 14.6. The predicted molar refractivity (Wildman–Crippen MR) is 110 cm³/mol. The van der Waals surface area contributed by atoms with E-state index in [0.29, 0.717) is 12.1 Å². The second-order valence-electron chi connectivity index (χ2n) is 7.22. The Kier molecular flexibility index (Phi) is 4.24. The number of rotatable bonds is 4. The lowest BCUT2D eigenvalue weighted by Gasteiger charge is -2.13. The van der Waals surface area contributed by atoms with Crippen molar-refractivity contribution >= 4 is 17.5 Å². The zero-order chi connectivity index (χ0) is 20.7. The Balaban J connectivity index is 1.41. The average Bonchev–Trinajstić information content (AvgIpc) is 3.37. The van der Waals surface area contributed by atoms with E-state index < -0.39 is 5.91 Å². The number of amides is 2. The molecule has 1 unspecified atom stereocenters. The molecule has 0 aliphatic heterocycles. The van der Waals surface area contributed by atoms with Crippen LogP contribution in [0.25, 0.3) is 16.9 Å². The van der Waals surface area contributed by atoms with Gasteiger partial charge in [-0.25, -0.2) is 9.50 Å². The van der Waals surface area contributed by atoms with Gasteiger partial charge >= 0.3 is 0 Å². The van der Waals surface area contributed by atoms with Gasteiger partial charge in [-0.15, -0.1) is 0 Å². The molecule has 3 N–H and O–H groups in total. The molecule has 1 aliphatic carbocycles. The SMILES string of the molecule is NC(=O)c1cnn2c(C(=O)NC3Cc4cccc(-c5ccccn5)c4C3)ccnc12. The lowest BCUT2D eigenvalue weighted by molar-refractivity contribution is 0.0929. The molecular weight excluding hydrogens is 380 g/mol. The molecule has 3 aromatic heterocycles. The molecule has 0 fully saturated rings. The lowest BCUT2D eigenvalue weighted by atomic mass is 10.0. The van der Waals surface area contributed by atoms with Crippen molar-refractivity contribution in [2.75, 3.05) is 0 Å². The van der Waals surface area contributed by atoms with Gasteiger partial charge < -0.3 is 11.1 Å². The van der Waals surface area contributed by atoms with E-state index in [2.05, 4.69) is 32.5 Å². The molecule has 2 amide bonds. The molecule has 148 valence electrons. The molecule has 0 bridgehead atoms. The number of nitrogens with two attached hydrogens (primary N) is 1. The zero-order valence-corrected chi connectivity index (χ0v) is 15.9.